The summed E-state index contributed by atoms with van der Waals surface area (Å²) in [5.41, 5.74) is 8.38. The Bertz CT molecular complexity index is 512. The molecular formula is C17H26N2O2. The summed E-state index contributed by atoms with van der Waals surface area (Å²) in [6, 6.07) is 6.10. The molecule has 1 aliphatic heterocycles. The smallest absolute Gasteiger partial charge is 0.223 e. The van der Waals surface area contributed by atoms with Gasteiger partial charge in [-0.15, -0.1) is 0 Å². The molecule has 0 aromatic heterocycles. The third kappa shape index (κ3) is 3.56. The molecule has 0 fully saturated rings. The maximum absolute atomic E-state index is 12.0. The van der Waals surface area contributed by atoms with Gasteiger partial charge in [0.05, 0.1) is 12.6 Å². The third-order valence-electron chi connectivity index (χ3n) is 4.02. The summed E-state index contributed by atoms with van der Waals surface area (Å²) in [6.45, 7) is 8.66. The molecule has 1 amide bonds. The van der Waals surface area contributed by atoms with Crippen molar-refractivity contribution < 1.29 is 9.53 Å². The van der Waals surface area contributed by atoms with Crippen molar-refractivity contribution in [3.63, 3.8) is 0 Å². The molecule has 4 heteroatoms. The number of nitrogens with two attached hydrogens (primary N) is 1. The van der Waals surface area contributed by atoms with Crippen molar-refractivity contribution in [3.8, 4) is 5.75 Å². The van der Waals surface area contributed by atoms with Crippen LogP contribution in [0.3, 0.4) is 0 Å². The molecule has 116 valence electrons. The summed E-state index contributed by atoms with van der Waals surface area (Å²) >= 11 is 0. The molecule has 0 bridgehead atoms. The maximum atomic E-state index is 12.0. The number of hydrogen-bond donors (Lipinski definition) is 2. The molecule has 0 aliphatic carbocycles. The van der Waals surface area contributed by atoms with Crippen molar-refractivity contribution in [2.75, 3.05) is 6.61 Å². The number of hydrogen-bond acceptors (Lipinski definition) is 3. The van der Waals surface area contributed by atoms with E-state index in [0.29, 0.717) is 12.5 Å². The van der Waals surface area contributed by atoms with Crippen LogP contribution in [0, 0.1) is 11.8 Å². The fourth-order valence-electron chi connectivity index (χ4n) is 2.49. The quantitative estimate of drug-likeness (QED) is 0.896. The molecule has 3 N–H and O–H groups in total. The van der Waals surface area contributed by atoms with Gasteiger partial charge in [-0.05, 0) is 23.6 Å². The Hall–Kier alpha value is -1.55. The highest BCUT2D eigenvalue weighted by Crippen LogP contribution is 2.34. The van der Waals surface area contributed by atoms with Gasteiger partial charge >= 0.3 is 0 Å². The van der Waals surface area contributed by atoms with E-state index in [1.807, 2.05) is 26.0 Å². The van der Waals surface area contributed by atoms with Gasteiger partial charge in [-0.25, -0.2) is 0 Å². The third-order valence-corrected chi connectivity index (χ3v) is 4.02. The molecule has 0 saturated carbocycles. The largest absolute Gasteiger partial charge is 0.493 e. The Morgan fingerprint density at radius 2 is 2.05 bits per heavy atom. The van der Waals surface area contributed by atoms with Crippen LogP contribution < -0.4 is 15.8 Å². The standard InChI is InChI=1S/C17H26N2O2/c1-10(2)16(18)12-5-6-15-13(9-12)14(7-8-21-15)19-17(20)11(3)4/h5-6,9-11,14,16H,7-8,18H2,1-4H3,(H,19,20). The minimum Gasteiger partial charge on any atom is -0.493 e. The predicted molar refractivity (Wildman–Crippen MR) is 84.0 cm³/mol. The average Bonchev–Trinajstić information content (AvgIpc) is 2.46. The van der Waals surface area contributed by atoms with Crippen LogP contribution in [0.5, 0.6) is 5.75 Å². The first-order valence-electron chi connectivity index (χ1n) is 7.72. The summed E-state index contributed by atoms with van der Waals surface area (Å²) in [5, 5.41) is 3.11. The molecule has 1 aliphatic rings. The number of nitrogens with one attached hydrogen (secondary N) is 1. The molecule has 2 unspecified atom stereocenters. The van der Waals surface area contributed by atoms with Crippen molar-refractivity contribution in [1.29, 1.82) is 0 Å². The Balaban J connectivity index is 2.27. The summed E-state index contributed by atoms with van der Waals surface area (Å²) < 4.78 is 5.70. The molecular weight excluding hydrogens is 264 g/mol. The van der Waals surface area contributed by atoms with Crippen LogP contribution in [-0.2, 0) is 4.79 Å². The van der Waals surface area contributed by atoms with Gasteiger partial charge in [0.15, 0.2) is 0 Å². The van der Waals surface area contributed by atoms with E-state index in [-0.39, 0.29) is 23.9 Å². The fourth-order valence-corrected chi connectivity index (χ4v) is 2.49. The van der Waals surface area contributed by atoms with Gasteiger partial charge in [0.25, 0.3) is 0 Å². The highest BCUT2D eigenvalue weighted by Gasteiger charge is 2.25. The number of ether oxygens (including phenoxy) is 1. The molecule has 1 aromatic carbocycles. The molecule has 0 radical (unpaired) electrons. The lowest BCUT2D eigenvalue weighted by atomic mass is 9.91. The van der Waals surface area contributed by atoms with Gasteiger partial charge in [-0.2, -0.15) is 0 Å². The monoisotopic (exact) mass is 290 g/mol. The normalized spacial score (nSPS) is 19.1. The van der Waals surface area contributed by atoms with Crippen LogP contribution in [0.2, 0.25) is 0 Å². The van der Waals surface area contributed by atoms with Crippen LogP contribution in [0.1, 0.15) is 57.3 Å². The first-order chi connectivity index (χ1) is 9.90. The Morgan fingerprint density at radius 1 is 1.33 bits per heavy atom. The molecule has 0 saturated heterocycles. The maximum Gasteiger partial charge on any atom is 0.223 e. The molecule has 21 heavy (non-hydrogen) atoms. The minimum absolute atomic E-state index is 0.00123. The summed E-state index contributed by atoms with van der Waals surface area (Å²) in [6.07, 6.45) is 0.797. The lowest BCUT2D eigenvalue weighted by Gasteiger charge is -2.29. The van der Waals surface area contributed by atoms with E-state index < -0.39 is 0 Å². The van der Waals surface area contributed by atoms with Gasteiger partial charge in [0.2, 0.25) is 5.91 Å². The van der Waals surface area contributed by atoms with Crippen molar-refractivity contribution in [2.24, 2.45) is 17.6 Å². The van der Waals surface area contributed by atoms with E-state index in [2.05, 4.69) is 25.2 Å². The SMILES string of the molecule is CC(C)C(=O)NC1CCOc2ccc(C(N)C(C)C)cc21. The average molecular weight is 290 g/mol. The zero-order chi connectivity index (χ0) is 15.6. The van der Waals surface area contributed by atoms with Crippen LogP contribution in [-0.4, -0.2) is 12.5 Å². The minimum atomic E-state index is -0.0163. The van der Waals surface area contributed by atoms with Gasteiger partial charge in [0, 0.05) is 23.9 Å². The highest BCUT2D eigenvalue weighted by atomic mass is 16.5. The number of rotatable bonds is 4. The second-order valence-electron chi connectivity index (χ2n) is 6.42. The van der Waals surface area contributed by atoms with Crippen molar-refractivity contribution >= 4 is 5.91 Å². The van der Waals surface area contributed by atoms with E-state index in [1.54, 1.807) is 0 Å². The molecule has 1 heterocycles. The van der Waals surface area contributed by atoms with Crippen molar-refractivity contribution in [3.05, 3.63) is 29.3 Å². The summed E-state index contributed by atoms with van der Waals surface area (Å²) in [5.74, 6) is 1.29. The number of carbonyl (C=O) groups is 1. The summed E-state index contributed by atoms with van der Waals surface area (Å²) in [7, 11) is 0. The van der Waals surface area contributed by atoms with Crippen LogP contribution in [0.15, 0.2) is 18.2 Å². The lowest BCUT2D eigenvalue weighted by molar-refractivity contribution is -0.124. The highest BCUT2D eigenvalue weighted by molar-refractivity contribution is 5.78. The number of fused-ring (bicyclic) bond motifs is 1. The number of amides is 1. The Labute approximate surface area is 127 Å². The molecule has 2 atom stereocenters. The van der Waals surface area contributed by atoms with Crippen molar-refractivity contribution in [2.45, 2.75) is 46.2 Å². The first kappa shape index (κ1) is 15.8. The zero-order valence-electron chi connectivity index (χ0n) is 13.3. The topological polar surface area (TPSA) is 64.3 Å². The number of benzene rings is 1. The van der Waals surface area contributed by atoms with Crippen LogP contribution in [0.4, 0.5) is 0 Å². The Kier molecular flexibility index (Phi) is 4.88. The van der Waals surface area contributed by atoms with Gasteiger partial charge in [-0.1, -0.05) is 33.8 Å². The first-order valence-corrected chi connectivity index (χ1v) is 7.72. The molecule has 4 nitrogen and oxygen atoms in total. The molecule has 1 aromatic rings. The van der Waals surface area contributed by atoms with E-state index in [4.69, 9.17) is 10.5 Å². The molecule has 0 spiro atoms. The molecule has 2 rings (SSSR count). The van der Waals surface area contributed by atoms with Crippen LogP contribution in [0.25, 0.3) is 0 Å². The van der Waals surface area contributed by atoms with E-state index in [1.165, 1.54) is 0 Å². The second-order valence-corrected chi connectivity index (χ2v) is 6.42. The second kappa shape index (κ2) is 6.48. The predicted octanol–water partition coefficient (Wildman–Crippen LogP) is 2.94. The lowest BCUT2D eigenvalue weighted by Crippen LogP contribution is -2.34. The van der Waals surface area contributed by atoms with Crippen LogP contribution >= 0.6 is 0 Å². The fraction of sp³-hybridized carbons (Fsp3) is 0.588. The van der Waals surface area contributed by atoms with E-state index >= 15 is 0 Å². The van der Waals surface area contributed by atoms with E-state index in [0.717, 1.165) is 23.3 Å². The zero-order valence-corrected chi connectivity index (χ0v) is 13.3. The van der Waals surface area contributed by atoms with Gasteiger partial charge < -0.3 is 15.8 Å². The van der Waals surface area contributed by atoms with E-state index in [9.17, 15) is 4.79 Å². The van der Waals surface area contributed by atoms with Gasteiger partial charge in [-0.3, -0.25) is 4.79 Å². The Morgan fingerprint density at radius 3 is 2.67 bits per heavy atom. The number of carbonyl (C=O) groups excluding carboxylic acids is 1. The van der Waals surface area contributed by atoms with Crippen molar-refractivity contribution in [1.82, 2.24) is 5.32 Å². The summed E-state index contributed by atoms with van der Waals surface area (Å²) in [4.78, 5) is 12.0. The van der Waals surface area contributed by atoms with Gasteiger partial charge in [0.1, 0.15) is 5.75 Å².